The first-order chi connectivity index (χ1) is 13.5. The maximum atomic E-state index is 13.2. The summed E-state index contributed by atoms with van der Waals surface area (Å²) in [7, 11) is 1.56. The predicted molar refractivity (Wildman–Crippen MR) is 104 cm³/mol. The van der Waals surface area contributed by atoms with Crippen LogP contribution in [0.1, 0.15) is 23.0 Å². The average molecular weight is 397 g/mol. The van der Waals surface area contributed by atoms with E-state index in [-0.39, 0.29) is 6.04 Å². The first-order valence-electron chi connectivity index (χ1n) is 8.42. The number of hydrogen-bond acceptors (Lipinski definition) is 9. The van der Waals surface area contributed by atoms with Crippen LogP contribution in [-0.2, 0) is 0 Å². The molecule has 10 heteroatoms. The van der Waals surface area contributed by atoms with Crippen LogP contribution in [0, 0.1) is 12.7 Å². The van der Waals surface area contributed by atoms with Crippen LogP contribution in [0.15, 0.2) is 30.9 Å². The Kier molecular flexibility index (Phi) is 4.78. The number of nitrogens with zero attached hydrogens (tertiary/aromatic N) is 6. The molecule has 8 nitrogen and oxygen atoms in total. The molecule has 3 heterocycles. The van der Waals surface area contributed by atoms with Crippen molar-refractivity contribution >= 4 is 28.1 Å². The van der Waals surface area contributed by atoms with E-state index in [2.05, 4.69) is 35.5 Å². The molecule has 4 aromatic rings. The monoisotopic (exact) mass is 397 g/mol. The van der Waals surface area contributed by atoms with Crippen LogP contribution in [0.25, 0.3) is 22.3 Å². The summed E-state index contributed by atoms with van der Waals surface area (Å²) in [5.41, 5.74) is 1.31. The Labute approximate surface area is 163 Å². The smallest absolute Gasteiger partial charge is 0.159 e. The Morgan fingerprint density at radius 3 is 2.57 bits per heavy atom. The van der Waals surface area contributed by atoms with Crippen molar-refractivity contribution < 1.29 is 9.13 Å². The lowest BCUT2D eigenvalue weighted by Gasteiger charge is -2.15. The van der Waals surface area contributed by atoms with Crippen molar-refractivity contribution in [1.82, 2.24) is 30.1 Å². The van der Waals surface area contributed by atoms with Gasteiger partial charge in [0.1, 0.15) is 33.4 Å². The van der Waals surface area contributed by atoms with Crippen molar-refractivity contribution in [3.8, 4) is 17.1 Å². The second-order valence-corrected chi connectivity index (χ2v) is 7.26. The summed E-state index contributed by atoms with van der Waals surface area (Å²) in [4.78, 5) is 16.8. The van der Waals surface area contributed by atoms with Gasteiger partial charge >= 0.3 is 0 Å². The SMILES string of the molecule is COc1cc(-c2ncc(F)cn2)cc2c(NC(C)c3nnc(C)s3)ncnc12. The molecule has 0 bridgehead atoms. The zero-order valence-corrected chi connectivity index (χ0v) is 16.2. The van der Waals surface area contributed by atoms with Crippen molar-refractivity contribution in [1.29, 1.82) is 0 Å². The zero-order valence-electron chi connectivity index (χ0n) is 15.3. The normalized spacial score (nSPS) is 12.1. The minimum Gasteiger partial charge on any atom is -0.494 e. The highest BCUT2D eigenvalue weighted by atomic mass is 32.1. The van der Waals surface area contributed by atoms with Crippen LogP contribution in [0.2, 0.25) is 0 Å². The molecule has 0 radical (unpaired) electrons. The molecule has 1 unspecified atom stereocenters. The summed E-state index contributed by atoms with van der Waals surface area (Å²) in [6.45, 7) is 3.89. The highest BCUT2D eigenvalue weighted by Crippen LogP contribution is 2.34. The third kappa shape index (κ3) is 3.46. The molecule has 3 aromatic heterocycles. The van der Waals surface area contributed by atoms with Gasteiger partial charge in [-0.05, 0) is 26.0 Å². The summed E-state index contributed by atoms with van der Waals surface area (Å²) < 4.78 is 18.7. The van der Waals surface area contributed by atoms with Crippen LogP contribution in [0.5, 0.6) is 5.75 Å². The third-order valence-corrected chi connectivity index (χ3v) is 5.09. The fraction of sp³-hybridized carbons (Fsp3) is 0.222. The summed E-state index contributed by atoms with van der Waals surface area (Å²) >= 11 is 1.52. The standard InChI is InChI=1S/C18H16FN7OS/c1-9(18-26-25-10(2)28-18)24-17-13-4-11(16-20-6-12(19)7-21-16)5-14(27-3)15(13)22-8-23-17/h4-9H,1-3H3,(H,22,23,24). The van der Waals surface area contributed by atoms with Crippen molar-refractivity contribution in [2.75, 3.05) is 12.4 Å². The Morgan fingerprint density at radius 2 is 1.89 bits per heavy atom. The molecule has 28 heavy (non-hydrogen) atoms. The lowest BCUT2D eigenvalue weighted by atomic mass is 10.1. The van der Waals surface area contributed by atoms with Gasteiger partial charge in [0, 0.05) is 10.9 Å². The number of halogens is 1. The van der Waals surface area contributed by atoms with Gasteiger partial charge in [0.2, 0.25) is 0 Å². The van der Waals surface area contributed by atoms with E-state index in [1.54, 1.807) is 13.2 Å². The number of rotatable bonds is 5. The topological polar surface area (TPSA) is 98.6 Å². The van der Waals surface area contributed by atoms with Crippen LogP contribution < -0.4 is 10.1 Å². The van der Waals surface area contributed by atoms with E-state index in [4.69, 9.17) is 4.74 Å². The molecule has 1 aromatic carbocycles. The number of anilines is 1. The molecule has 1 atom stereocenters. The summed E-state index contributed by atoms with van der Waals surface area (Å²) in [5, 5.41) is 14.1. The second kappa shape index (κ2) is 7.39. The second-order valence-electron chi connectivity index (χ2n) is 6.05. The number of ether oxygens (including phenoxy) is 1. The fourth-order valence-corrected chi connectivity index (χ4v) is 3.45. The maximum Gasteiger partial charge on any atom is 0.159 e. The van der Waals surface area contributed by atoms with E-state index in [0.717, 1.165) is 27.8 Å². The highest BCUT2D eigenvalue weighted by Gasteiger charge is 2.16. The molecule has 1 N–H and O–H groups in total. The number of methoxy groups -OCH3 is 1. The minimum atomic E-state index is -0.497. The number of aromatic nitrogens is 6. The van der Waals surface area contributed by atoms with Gasteiger partial charge in [-0.2, -0.15) is 0 Å². The van der Waals surface area contributed by atoms with E-state index in [0.29, 0.717) is 28.5 Å². The van der Waals surface area contributed by atoms with E-state index in [9.17, 15) is 4.39 Å². The lowest BCUT2D eigenvalue weighted by Crippen LogP contribution is -2.08. The van der Waals surface area contributed by atoms with Crippen LogP contribution in [0.4, 0.5) is 10.2 Å². The molecule has 142 valence electrons. The van der Waals surface area contributed by atoms with E-state index >= 15 is 0 Å². The molecular formula is C18H16FN7OS. The first-order valence-corrected chi connectivity index (χ1v) is 9.24. The van der Waals surface area contributed by atoms with E-state index in [1.807, 2.05) is 19.9 Å². The fourth-order valence-electron chi connectivity index (χ4n) is 2.75. The van der Waals surface area contributed by atoms with Crippen LogP contribution in [-0.4, -0.2) is 37.2 Å². The van der Waals surface area contributed by atoms with Gasteiger partial charge in [0.05, 0.1) is 25.5 Å². The summed E-state index contributed by atoms with van der Waals surface area (Å²) in [6, 6.07) is 3.52. The van der Waals surface area contributed by atoms with Crippen molar-refractivity contribution in [2.24, 2.45) is 0 Å². The Balaban J connectivity index is 1.80. The summed E-state index contributed by atoms with van der Waals surface area (Å²) in [6.07, 6.45) is 3.72. The number of fused-ring (bicyclic) bond motifs is 1. The quantitative estimate of drug-likeness (QED) is 0.546. The Hall–Kier alpha value is -3.27. The van der Waals surface area contributed by atoms with Gasteiger partial charge in [0.25, 0.3) is 0 Å². The number of benzene rings is 1. The van der Waals surface area contributed by atoms with Crippen LogP contribution in [0.3, 0.4) is 0 Å². The Bertz CT molecular complexity index is 1130. The van der Waals surface area contributed by atoms with Gasteiger partial charge in [0.15, 0.2) is 11.6 Å². The molecule has 4 rings (SSSR count). The van der Waals surface area contributed by atoms with Crippen molar-refractivity contribution in [3.05, 3.63) is 46.7 Å². The maximum absolute atomic E-state index is 13.2. The van der Waals surface area contributed by atoms with Gasteiger partial charge in [-0.1, -0.05) is 11.3 Å². The van der Waals surface area contributed by atoms with Crippen molar-refractivity contribution in [3.63, 3.8) is 0 Å². The van der Waals surface area contributed by atoms with Gasteiger partial charge in [-0.15, -0.1) is 10.2 Å². The zero-order chi connectivity index (χ0) is 19.7. The van der Waals surface area contributed by atoms with Gasteiger partial charge in [-0.25, -0.2) is 24.3 Å². The molecule has 0 spiro atoms. The number of aryl methyl sites for hydroxylation is 1. The van der Waals surface area contributed by atoms with Crippen molar-refractivity contribution in [2.45, 2.75) is 19.9 Å². The highest BCUT2D eigenvalue weighted by molar-refractivity contribution is 7.11. The van der Waals surface area contributed by atoms with E-state index < -0.39 is 5.82 Å². The van der Waals surface area contributed by atoms with Crippen LogP contribution >= 0.6 is 11.3 Å². The molecule has 0 aliphatic carbocycles. The summed E-state index contributed by atoms with van der Waals surface area (Å²) in [5.74, 6) is 1.05. The van der Waals surface area contributed by atoms with Gasteiger partial charge < -0.3 is 10.1 Å². The molecule has 0 aliphatic heterocycles. The minimum absolute atomic E-state index is 0.0963. The molecular weight excluding hydrogens is 381 g/mol. The molecule has 0 amide bonds. The number of nitrogens with one attached hydrogen (secondary N) is 1. The largest absolute Gasteiger partial charge is 0.494 e. The van der Waals surface area contributed by atoms with Gasteiger partial charge in [-0.3, -0.25) is 0 Å². The third-order valence-electron chi connectivity index (χ3n) is 4.07. The Morgan fingerprint density at radius 1 is 1.11 bits per heavy atom. The molecule has 0 aliphatic rings. The van der Waals surface area contributed by atoms with E-state index in [1.165, 1.54) is 17.7 Å². The average Bonchev–Trinajstić information content (AvgIpc) is 3.14. The first kappa shape index (κ1) is 18.1. The molecule has 0 saturated heterocycles. The molecule has 0 saturated carbocycles. The predicted octanol–water partition coefficient (Wildman–Crippen LogP) is 3.57. The lowest BCUT2D eigenvalue weighted by molar-refractivity contribution is 0.419. The molecule has 0 fully saturated rings. The number of hydrogen-bond donors (Lipinski definition) is 1.